The molecule has 0 spiro atoms. The molecule has 66 valence electrons. The Morgan fingerprint density at radius 2 is 2.00 bits per heavy atom. The number of nitrogens with one attached hydrogen (secondary N) is 1. The molecular weight excluding hydrogens is 140 g/mol. The molecule has 0 aromatic rings. The molecule has 3 nitrogen and oxygen atoms in total. The van der Waals surface area contributed by atoms with Crippen molar-refractivity contribution in [3.05, 3.63) is 0 Å². The summed E-state index contributed by atoms with van der Waals surface area (Å²) in [6.45, 7) is 8.17. The van der Waals surface area contributed by atoms with Crippen molar-refractivity contribution in [1.82, 2.24) is 5.32 Å². The molecule has 0 aromatic heterocycles. The fraction of sp³-hybridized carbons (Fsp3) is 0.875. The van der Waals surface area contributed by atoms with Crippen LogP contribution in [0.5, 0.6) is 0 Å². The van der Waals surface area contributed by atoms with Crippen LogP contribution in [0.4, 0.5) is 4.79 Å². The smallest absolute Gasteiger partial charge is 0.312 e. The van der Waals surface area contributed by atoms with Gasteiger partial charge in [-0.3, -0.25) is 0 Å². The summed E-state index contributed by atoms with van der Waals surface area (Å²) < 4.78 is 0. The van der Waals surface area contributed by atoms with Crippen LogP contribution in [-0.2, 0) is 0 Å². The van der Waals surface area contributed by atoms with E-state index in [1.54, 1.807) is 0 Å². The van der Waals surface area contributed by atoms with E-state index in [1.807, 2.05) is 13.8 Å². The lowest BCUT2D eigenvalue weighted by Gasteiger charge is -2.26. The summed E-state index contributed by atoms with van der Waals surface area (Å²) in [7, 11) is 0. The fourth-order valence-corrected chi connectivity index (χ4v) is 1.41. The van der Waals surface area contributed by atoms with Gasteiger partial charge in [0.05, 0.1) is 0 Å². The van der Waals surface area contributed by atoms with Crippen LogP contribution in [0, 0.1) is 5.92 Å². The zero-order valence-electron chi connectivity index (χ0n) is 7.77. The van der Waals surface area contributed by atoms with Gasteiger partial charge in [-0.2, -0.15) is 0 Å². The highest BCUT2D eigenvalue weighted by Crippen LogP contribution is 2.14. The van der Waals surface area contributed by atoms with Crippen LogP contribution >= 0.6 is 0 Å². The predicted octanol–water partition coefficient (Wildman–Crippen LogP) is 1.48. The lowest BCUT2D eigenvalue weighted by atomic mass is 9.93. The summed E-state index contributed by atoms with van der Waals surface area (Å²) in [5, 5.41) is 2.69. The molecule has 0 radical (unpaired) electrons. The maximum absolute atomic E-state index is 10.5. The Bertz CT molecular complexity index is 141. The van der Waals surface area contributed by atoms with Crippen molar-refractivity contribution in [1.29, 1.82) is 0 Å². The number of carbonyl (C=O) groups excluding carboxylic acids is 1. The minimum Gasteiger partial charge on any atom is -0.352 e. The van der Waals surface area contributed by atoms with Gasteiger partial charge in [0.15, 0.2) is 0 Å². The molecule has 0 rings (SSSR count). The Morgan fingerprint density at radius 3 is 2.27 bits per heavy atom. The third-order valence-electron chi connectivity index (χ3n) is 1.38. The first-order chi connectivity index (χ1) is 4.83. The summed E-state index contributed by atoms with van der Waals surface area (Å²) in [4.78, 5) is 10.5. The summed E-state index contributed by atoms with van der Waals surface area (Å²) in [5.41, 5.74) is 4.82. The van der Waals surface area contributed by atoms with E-state index in [9.17, 15) is 4.79 Å². The maximum atomic E-state index is 10.5. The number of nitrogens with two attached hydrogens (primary N) is 1. The van der Waals surface area contributed by atoms with Crippen molar-refractivity contribution in [2.75, 3.05) is 0 Å². The first-order valence-electron chi connectivity index (χ1n) is 3.91. The summed E-state index contributed by atoms with van der Waals surface area (Å²) in [6, 6.07) is -0.448. The van der Waals surface area contributed by atoms with Gasteiger partial charge in [-0.1, -0.05) is 13.8 Å². The van der Waals surface area contributed by atoms with Gasteiger partial charge >= 0.3 is 6.03 Å². The van der Waals surface area contributed by atoms with Crippen LogP contribution in [0.2, 0.25) is 0 Å². The quantitative estimate of drug-likeness (QED) is 0.642. The second kappa shape index (κ2) is 3.60. The zero-order chi connectivity index (χ0) is 9.07. The molecule has 3 N–H and O–H groups in total. The predicted molar refractivity (Wildman–Crippen MR) is 46.3 cm³/mol. The maximum Gasteiger partial charge on any atom is 0.312 e. The van der Waals surface area contributed by atoms with E-state index >= 15 is 0 Å². The van der Waals surface area contributed by atoms with Gasteiger partial charge in [0.25, 0.3) is 0 Å². The fourth-order valence-electron chi connectivity index (χ4n) is 1.41. The second-order valence-electron chi connectivity index (χ2n) is 3.97. The normalized spacial score (nSPS) is 11.7. The molecule has 2 amide bonds. The van der Waals surface area contributed by atoms with Gasteiger partial charge in [0.2, 0.25) is 0 Å². The molecule has 0 aliphatic carbocycles. The topological polar surface area (TPSA) is 55.1 Å². The van der Waals surface area contributed by atoms with E-state index in [4.69, 9.17) is 5.73 Å². The Morgan fingerprint density at radius 1 is 1.55 bits per heavy atom. The van der Waals surface area contributed by atoms with Crippen molar-refractivity contribution < 1.29 is 4.79 Å². The molecule has 0 bridgehead atoms. The van der Waals surface area contributed by atoms with Crippen LogP contribution in [0.3, 0.4) is 0 Å². The SMILES string of the molecule is CC(C)CC(C)(C)NC(N)=O. The number of urea groups is 1. The van der Waals surface area contributed by atoms with Gasteiger partial charge in [0, 0.05) is 5.54 Å². The van der Waals surface area contributed by atoms with E-state index in [0.29, 0.717) is 5.92 Å². The molecule has 11 heavy (non-hydrogen) atoms. The molecule has 0 saturated heterocycles. The first kappa shape index (κ1) is 10.3. The number of primary amides is 1. The van der Waals surface area contributed by atoms with Crippen LogP contribution in [0.15, 0.2) is 0 Å². The molecular formula is C8H18N2O. The molecule has 0 fully saturated rings. The lowest BCUT2D eigenvalue weighted by molar-refractivity contribution is 0.232. The number of rotatable bonds is 3. The highest BCUT2D eigenvalue weighted by molar-refractivity contribution is 5.72. The van der Waals surface area contributed by atoms with Crippen LogP contribution in [0.25, 0.3) is 0 Å². The zero-order valence-corrected chi connectivity index (χ0v) is 7.77. The minimum atomic E-state index is -0.448. The first-order valence-corrected chi connectivity index (χ1v) is 3.91. The van der Waals surface area contributed by atoms with Crippen LogP contribution in [-0.4, -0.2) is 11.6 Å². The Hall–Kier alpha value is -0.730. The van der Waals surface area contributed by atoms with E-state index in [0.717, 1.165) is 6.42 Å². The molecule has 0 aliphatic heterocycles. The highest BCUT2D eigenvalue weighted by Gasteiger charge is 2.19. The Balaban J connectivity index is 3.89. The molecule has 0 saturated carbocycles. The average Bonchev–Trinajstić information content (AvgIpc) is 1.53. The van der Waals surface area contributed by atoms with Crippen molar-refractivity contribution in [3.8, 4) is 0 Å². The standard InChI is InChI=1S/C8H18N2O/c1-6(2)5-8(3,4)10-7(9)11/h6H,5H2,1-4H3,(H3,9,10,11). The molecule has 0 aliphatic rings. The van der Waals surface area contributed by atoms with E-state index in [2.05, 4.69) is 19.2 Å². The number of hydrogen-bond acceptors (Lipinski definition) is 1. The van der Waals surface area contributed by atoms with Crippen molar-refractivity contribution >= 4 is 6.03 Å². The summed E-state index contributed by atoms with van der Waals surface area (Å²) >= 11 is 0. The van der Waals surface area contributed by atoms with E-state index in [-0.39, 0.29) is 5.54 Å². The number of hydrogen-bond donors (Lipinski definition) is 2. The van der Waals surface area contributed by atoms with Gasteiger partial charge < -0.3 is 11.1 Å². The average molecular weight is 158 g/mol. The van der Waals surface area contributed by atoms with Crippen molar-refractivity contribution in [2.24, 2.45) is 11.7 Å². The third kappa shape index (κ3) is 5.70. The Kier molecular flexibility index (Phi) is 3.36. The molecule has 0 atom stereocenters. The van der Waals surface area contributed by atoms with E-state index < -0.39 is 6.03 Å². The van der Waals surface area contributed by atoms with Crippen molar-refractivity contribution in [3.63, 3.8) is 0 Å². The minimum absolute atomic E-state index is 0.181. The lowest BCUT2D eigenvalue weighted by Crippen LogP contribution is -2.46. The van der Waals surface area contributed by atoms with Gasteiger partial charge in [0.1, 0.15) is 0 Å². The Labute approximate surface area is 68.3 Å². The number of carbonyl (C=O) groups is 1. The molecule has 3 heteroatoms. The van der Waals surface area contributed by atoms with Crippen LogP contribution in [0.1, 0.15) is 34.1 Å². The number of amides is 2. The van der Waals surface area contributed by atoms with Gasteiger partial charge in [-0.25, -0.2) is 4.79 Å². The molecule has 0 aromatic carbocycles. The van der Waals surface area contributed by atoms with Crippen LogP contribution < -0.4 is 11.1 Å². The summed E-state index contributed by atoms with van der Waals surface area (Å²) in [5.74, 6) is 0.567. The second-order valence-corrected chi connectivity index (χ2v) is 3.97. The van der Waals surface area contributed by atoms with Gasteiger partial charge in [-0.05, 0) is 26.2 Å². The summed E-state index contributed by atoms with van der Waals surface area (Å²) in [6.07, 6.45) is 0.940. The third-order valence-corrected chi connectivity index (χ3v) is 1.38. The molecule has 0 heterocycles. The van der Waals surface area contributed by atoms with Crippen molar-refractivity contribution in [2.45, 2.75) is 39.7 Å². The van der Waals surface area contributed by atoms with Gasteiger partial charge in [-0.15, -0.1) is 0 Å². The largest absolute Gasteiger partial charge is 0.352 e. The monoisotopic (exact) mass is 158 g/mol. The molecule has 0 unspecified atom stereocenters. The van der Waals surface area contributed by atoms with E-state index in [1.165, 1.54) is 0 Å². The highest BCUT2D eigenvalue weighted by atomic mass is 16.2.